The molecule has 11 heteroatoms. The number of allylic oxidation sites excluding steroid dienone is 7. The summed E-state index contributed by atoms with van der Waals surface area (Å²) in [5, 5.41) is 56.9. The minimum atomic E-state index is -1.61. The van der Waals surface area contributed by atoms with Crippen molar-refractivity contribution >= 4 is 11.9 Å². The Morgan fingerprint density at radius 2 is 0.932 bits per heavy atom. The molecule has 1 amide bonds. The fourth-order valence-electron chi connectivity index (χ4n) is 9.54. The van der Waals surface area contributed by atoms with E-state index in [4.69, 9.17) is 14.2 Å². The van der Waals surface area contributed by atoms with Crippen LogP contribution in [-0.2, 0) is 23.8 Å². The summed E-state index contributed by atoms with van der Waals surface area (Å²) >= 11 is 0. The van der Waals surface area contributed by atoms with Gasteiger partial charge in [0.25, 0.3) is 0 Å². The number of carbonyl (C=O) groups excluding carboxylic acids is 2. The summed E-state index contributed by atoms with van der Waals surface area (Å²) in [6.07, 6.45) is 51.4. The summed E-state index contributed by atoms with van der Waals surface area (Å²) in [5.41, 5.74) is 0. The fourth-order valence-corrected chi connectivity index (χ4v) is 9.54. The van der Waals surface area contributed by atoms with E-state index in [1.165, 1.54) is 148 Å². The number of amides is 1. The van der Waals surface area contributed by atoms with Gasteiger partial charge in [-0.2, -0.15) is 0 Å². The number of ether oxygens (including phenoxy) is 3. The van der Waals surface area contributed by atoms with Gasteiger partial charge in [-0.25, -0.2) is 0 Å². The molecule has 0 aromatic heterocycles. The number of aliphatic hydroxyl groups excluding tert-OH is 5. The van der Waals surface area contributed by atoms with Crippen molar-refractivity contribution in [2.24, 2.45) is 0 Å². The van der Waals surface area contributed by atoms with Gasteiger partial charge in [0.1, 0.15) is 24.4 Å². The molecule has 1 aliphatic heterocycles. The summed E-state index contributed by atoms with van der Waals surface area (Å²) in [4.78, 5) is 26.5. The lowest BCUT2D eigenvalue weighted by Gasteiger charge is -2.41. The third-order valence-corrected chi connectivity index (χ3v) is 14.5. The zero-order chi connectivity index (χ0) is 54.0. The van der Waals surface area contributed by atoms with Gasteiger partial charge in [0, 0.05) is 6.42 Å². The molecule has 0 radical (unpaired) electrons. The van der Waals surface area contributed by atoms with Crippen LogP contribution < -0.4 is 5.32 Å². The number of hydrogen-bond donors (Lipinski definition) is 6. The molecule has 0 saturated carbocycles. The van der Waals surface area contributed by atoms with Crippen molar-refractivity contribution < 1.29 is 49.3 Å². The van der Waals surface area contributed by atoms with Crippen molar-refractivity contribution in [3.8, 4) is 0 Å². The van der Waals surface area contributed by atoms with Crippen LogP contribution in [0.5, 0.6) is 0 Å². The molecule has 1 aliphatic rings. The van der Waals surface area contributed by atoms with Crippen molar-refractivity contribution in [3.63, 3.8) is 0 Å². The zero-order valence-corrected chi connectivity index (χ0v) is 47.7. The lowest BCUT2D eigenvalue weighted by molar-refractivity contribution is -0.305. The molecule has 0 bridgehead atoms. The average molecular weight is 1050 g/mol. The Labute approximate surface area is 453 Å². The number of esters is 1. The maximum absolute atomic E-state index is 13.4. The lowest BCUT2D eigenvalue weighted by Crippen LogP contribution is -2.61. The molecule has 1 fully saturated rings. The quantitative estimate of drug-likeness (QED) is 0.0195. The van der Waals surface area contributed by atoms with Crippen LogP contribution in [0.3, 0.4) is 0 Å². The standard InChI is InChI=1S/C63H115NO10/c1-4-7-10-13-16-19-22-25-27-28-29-30-32-35-38-41-44-47-50-56(67)62(71)64-54(55(66)49-46-43-40-37-34-31-24-21-18-15-12-9-6-3)53-72-63-61(60(70)59(69)57(52-65)73-63)74-58(68)51-48-45-42-39-36-33-26-23-20-17-14-11-8-5-2/h16,19,25,27,29-30,46,49,54-57,59-61,63,65-67,69-70H,4-15,17-18,20-24,26,28,31-45,47-48,50-53H2,1-3H3,(H,64,71)/b19-16-,27-25-,30-29-,49-46+. The van der Waals surface area contributed by atoms with Crippen molar-refractivity contribution in [1.82, 2.24) is 5.32 Å². The summed E-state index contributed by atoms with van der Waals surface area (Å²) in [6.45, 7) is 5.76. The van der Waals surface area contributed by atoms with Gasteiger partial charge >= 0.3 is 5.97 Å². The highest BCUT2D eigenvalue weighted by atomic mass is 16.7. The third kappa shape index (κ3) is 39.1. The van der Waals surface area contributed by atoms with Crippen LogP contribution >= 0.6 is 0 Å². The van der Waals surface area contributed by atoms with E-state index >= 15 is 0 Å². The fraction of sp³-hybridized carbons (Fsp3) is 0.841. The van der Waals surface area contributed by atoms with Gasteiger partial charge in [-0.05, 0) is 64.2 Å². The summed E-state index contributed by atoms with van der Waals surface area (Å²) in [6, 6.07) is -1.03. The average Bonchev–Trinajstić information content (AvgIpc) is 3.40. The molecule has 0 aromatic carbocycles. The number of aliphatic hydroxyl groups is 5. The van der Waals surface area contributed by atoms with Crippen molar-refractivity contribution in [2.75, 3.05) is 13.2 Å². The van der Waals surface area contributed by atoms with Gasteiger partial charge in [0.15, 0.2) is 12.4 Å². The van der Waals surface area contributed by atoms with Gasteiger partial charge in [0.05, 0.1) is 25.4 Å². The Bertz CT molecular complexity index is 1390. The Morgan fingerprint density at radius 3 is 1.42 bits per heavy atom. The van der Waals surface area contributed by atoms with Crippen LogP contribution in [-0.4, -0.2) is 99.6 Å². The van der Waals surface area contributed by atoms with Crippen LogP contribution in [0, 0.1) is 0 Å². The first-order chi connectivity index (χ1) is 36.2. The van der Waals surface area contributed by atoms with E-state index in [1.807, 2.05) is 6.08 Å². The van der Waals surface area contributed by atoms with E-state index in [9.17, 15) is 35.1 Å². The van der Waals surface area contributed by atoms with Crippen molar-refractivity contribution in [3.05, 3.63) is 48.6 Å². The highest BCUT2D eigenvalue weighted by Gasteiger charge is 2.47. The zero-order valence-electron chi connectivity index (χ0n) is 47.7. The van der Waals surface area contributed by atoms with Crippen LogP contribution in [0.25, 0.3) is 0 Å². The van der Waals surface area contributed by atoms with E-state index in [0.717, 1.165) is 83.5 Å². The second kappa shape index (κ2) is 51.4. The molecule has 0 aromatic rings. The van der Waals surface area contributed by atoms with E-state index < -0.39 is 67.4 Å². The molecule has 1 saturated heterocycles. The minimum absolute atomic E-state index is 0.125. The summed E-state index contributed by atoms with van der Waals surface area (Å²) < 4.78 is 17.6. The molecular formula is C63H115NO10. The van der Waals surface area contributed by atoms with Gasteiger partial charge in [-0.1, -0.05) is 256 Å². The van der Waals surface area contributed by atoms with E-state index in [0.29, 0.717) is 12.8 Å². The van der Waals surface area contributed by atoms with E-state index in [2.05, 4.69) is 62.5 Å². The molecule has 74 heavy (non-hydrogen) atoms. The topological polar surface area (TPSA) is 175 Å². The summed E-state index contributed by atoms with van der Waals surface area (Å²) in [7, 11) is 0. The smallest absolute Gasteiger partial charge is 0.306 e. The third-order valence-electron chi connectivity index (χ3n) is 14.5. The molecule has 1 heterocycles. The molecular weight excluding hydrogens is 931 g/mol. The largest absolute Gasteiger partial charge is 0.454 e. The number of rotatable bonds is 52. The Morgan fingerprint density at radius 1 is 0.527 bits per heavy atom. The highest BCUT2D eigenvalue weighted by molar-refractivity contribution is 5.80. The number of nitrogens with one attached hydrogen (secondary N) is 1. The molecule has 432 valence electrons. The molecule has 1 rings (SSSR count). The molecule has 8 atom stereocenters. The second-order valence-electron chi connectivity index (χ2n) is 21.4. The molecule has 11 nitrogen and oxygen atoms in total. The predicted molar refractivity (Wildman–Crippen MR) is 306 cm³/mol. The van der Waals surface area contributed by atoms with Gasteiger partial charge in [0.2, 0.25) is 5.91 Å². The summed E-state index contributed by atoms with van der Waals surface area (Å²) in [5.74, 6) is -1.20. The monoisotopic (exact) mass is 1050 g/mol. The first-order valence-corrected chi connectivity index (χ1v) is 30.9. The Kier molecular flexibility index (Phi) is 48.3. The van der Waals surface area contributed by atoms with Crippen LogP contribution in [0.2, 0.25) is 0 Å². The van der Waals surface area contributed by atoms with Crippen LogP contribution in [0.15, 0.2) is 48.6 Å². The van der Waals surface area contributed by atoms with E-state index in [-0.39, 0.29) is 19.4 Å². The molecule has 0 spiro atoms. The molecule has 0 aliphatic carbocycles. The van der Waals surface area contributed by atoms with Crippen molar-refractivity contribution in [2.45, 2.75) is 327 Å². The first kappa shape index (κ1) is 69.6. The van der Waals surface area contributed by atoms with Crippen LogP contribution in [0.1, 0.15) is 278 Å². The highest BCUT2D eigenvalue weighted by Crippen LogP contribution is 2.26. The first-order valence-electron chi connectivity index (χ1n) is 30.9. The number of unbranched alkanes of at least 4 members (excludes halogenated alkanes) is 32. The van der Waals surface area contributed by atoms with Crippen molar-refractivity contribution in [1.29, 1.82) is 0 Å². The minimum Gasteiger partial charge on any atom is -0.454 e. The van der Waals surface area contributed by atoms with Crippen LogP contribution in [0.4, 0.5) is 0 Å². The molecule has 8 unspecified atom stereocenters. The number of hydrogen-bond acceptors (Lipinski definition) is 10. The predicted octanol–water partition coefficient (Wildman–Crippen LogP) is 14.4. The second-order valence-corrected chi connectivity index (χ2v) is 21.4. The maximum Gasteiger partial charge on any atom is 0.306 e. The Balaban J connectivity index is 2.71. The lowest BCUT2D eigenvalue weighted by atomic mass is 9.99. The number of carbonyl (C=O) groups is 2. The van der Waals surface area contributed by atoms with E-state index in [1.54, 1.807) is 6.08 Å². The Hall–Kier alpha value is -2.38. The van der Waals surface area contributed by atoms with Gasteiger partial charge in [-0.15, -0.1) is 0 Å². The molecule has 6 N–H and O–H groups in total. The van der Waals surface area contributed by atoms with Gasteiger partial charge in [-0.3, -0.25) is 9.59 Å². The SMILES string of the molecule is CCCCC/C=C\C/C=C\C/C=C\CCCCCCCC(O)C(=O)NC(COC1OC(CO)C(O)C(O)C1OC(=O)CCCCCCCCCCCCCCCC)C(O)/C=C/CCCCCCCCCCCCC. The normalized spacial score (nSPS) is 19.6. The van der Waals surface area contributed by atoms with Gasteiger partial charge < -0.3 is 45.1 Å². The maximum atomic E-state index is 13.4.